The standard InChI is InChI=1S/C22H26N4O3/c1-15-19(7-4-8-23-15)29-14-16-6-5-9-26(13-16)22-18-11-21(28-3)20(27-2)10-17(18)12-24-25-22/h4,7-8,10-12,16H,5-6,9,13-14H2,1-3H3. The second-order valence-electron chi connectivity index (χ2n) is 7.31. The third-order valence-corrected chi connectivity index (χ3v) is 5.40. The Morgan fingerprint density at radius 2 is 1.97 bits per heavy atom. The second-order valence-corrected chi connectivity index (χ2v) is 7.31. The van der Waals surface area contributed by atoms with E-state index in [0.717, 1.165) is 54.0 Å². The summed E-state index contributed by atoms with van der Waals surface area (Å²) >= 11 is 0. The molecule has 1 fully saturated rings. The molecule has 1 aromatic carbocycles. The summed E-state index contributed by atoms with van der Waals surface area (Å²) in [5.41, 5.74) is 0.918. The van der Waals surface area contributed by atoms with Crippen molar-refractivity contribution in [3.8, 4) is 17.2 Å². The summed E-state index contributed by atoms with van der Waals surface area (Å²) in [6, 6.07) is 7.81. The van der Waals surface area contributed by atoms with Crippen LogP contribution in [0.2, 0.25) is 0 Å². The van der Waals surface area contributed by atoms with E-state index < -0.39 is 0 Å². The van der Waals surface area contributed by atoms with Crippen LogP contribution in [-0.4, -0.2) is 49.1 Å². The van der Waals surface area contributed by atoms with Crippen molar-refractivity contribution in [2.24, 2.45) is 5.92 Å². The zero-order valence-corrected chi connectivity index (χ0v) is 17.1. The highest BCUT2D eigenvalue weighted by Gasteiger charge is 2.24. The molecular weight excluding hydrogens is 368 g/mol. The number of nitrogens with zero attached hydrogens (tertiary/aromatic N) is 4. The number of ether oxygens (including phenoxy) is 3. The van der Waals surface area contributed by atoms with Crippen molar-refractivity contribution in [3.63, 3.8) is 0 Å². The van der Waals surface area contributed by atoms with Gasteiger partial charge in [0, 0.05) is 36.0 Å². The Labute approximate surface area is 170 Å². The molecule has 3 heterocycles. The highest BCUT2D eigenvalue weighted by atomic mass is 16.5. The SMILES string of the molecule is COc1cc2cnnc(N3CCCC(COc4cccnc4C)C3)c2cc1OC. The number of fused-ring (bicyclic) bond motifs is 1. The molecule has 4 rings (SSSR count). The molecule has 7 heteroatoms. The average Bonchev–Trinajstić information content (AvgIpc) is 2.77. The summed E-state index contributed by atoms with van der Waals surface area (Å²) in [5, 5.41) is 10.7. The number of hydrogen-bond donors (Lipinski definition) is 0. The number of piperidine rings is 1. The lowest BCUT2D eigenvalue weighted by molar-refractivity contribution is 0.226. The van der Waals surface area contributed by atoms with Gasteiger partial charge in [-0.25, -0.2) is 0 Å². The molecule has 1 unspecified atom stereocenters. The fourth-order valence-corrected chi connectivity index (χ4v) is 3.85. The van der Waals surface area contributed by atoms with Gasteiger partial charge in [0.15, 0.2) is 17.3 Å². The van der Waals surface area contributed by atoms with E-state index in [9.17, 15) is 0 Å². The van der Waals surface area contributed by atoms with Crippen LogP contribution in [0, 0.1) is 12.8 Å². The highest BCUT2D eigenvalue weighted by molar-refractivity contribution is 5.94. The van der Waals surface area contributed by atoms with Gasteiger partial charge in [-0.05, 0) is 44.0 Å². The summed E-state index contributed by atoms with van der Waals surface area (Å²) in [4.78, 5) is 6.59. The van der Waals surface area contributed by atoms with E-state index in [1.165, 1.54) is 0 Å². The predicted molar refractivity (Wildman–Crippen MR) is 112 cm³/mol. The third kappa shape index (κ3) is 4.04. The second kappa shape index (κ2) is 8.51. The molecule has 29 heavy (non-hydrogen) atoms. The van der Waals surface area contributed by atoms with Crippen molar-refractivity contribution in [2.45, 2.75) is 19.8 Å². The number of hydrogen-bond acceptors (Lipinski definition) is 7. The Balaban J connectivity index is 1.55. The fraction of sp³-hybridized carbons (Fsp3) is 0.409. The lowest BCUT2D eigenvalue weighted by atomic mass is 9.98. The molecule has 0 bridgehead atoms. The molecule has 1 aliphatic rings. The van der Waals surface area contributed by atoms with Crippen LogP contribution in [0.3, 0.4) is 0 Å². The Kier molecular flexibility index (Phi) is 5.64. The van der Waals surface area contributed by atoms with Crippen molar-refractivity contribution in [2.75, 3.05) is 38.8 Å². The number of methoxy groups -OCH3 is 2. The summed E-state index contributed by atoms with van der Waals surface area (Å²) in [7, 11) is 3.28. The van der Waals surface area contributed by atoms with Crippen molar-refractivity contribution in [1.82, 2.24) is 15.2 Å². The van der Waals surface area contributed by atoms with Crippen LogP contribution < -0.4 is 19.1 Å². The van der Waals surface area contributed by atoms with Crippen LogP contribution in [0.25, 0.3) is 10.8 Å². The molecule has 0 aliphatic carbocycles. The average molecular weight is 394 g/mol. The highest BCUT2D eigenvalue weighted by Crippen LogP contribution is 2.36. The van der Waals surface area contributed by atoms with Gasteiger partial charge in [0.1, 0.15) is 5.75 Å². The van der Waals surface area contributed by atoms with Gasteiger partial charge in [0.2, 0.25) is 0 Å². The number of aromatic nitrogens is 3. The molecule has 1 aliphatic heterocycles. The summed E-state index contributed by atoms with van der Waals surface area (Å²) in [6.45, 7) is 4.46. The Morgan fingerprint density at radius 1 is 1.14 bits per heavy atom. The van der Waals surface area contributed by atoms with E-state index in [1.807, 2.05) is 31.2 Å². The smallest absolute Gasteiger partial charge is 0.161 e. The van der Waals surface area contributed by atoms with Gasteiger partial charge in [-0.3, -0.25) is 4.98 Å². The molecule has 1 saturated heterocycles. The van der Waals surface area contributed by atoms with E-state index in [1.54, 1.807) is 26.6 Å². The minimum atomic E-state index is 0.417. The molecule has 0 radical (unpaired) electrons. The van der Waals surface area contributed by atoms with Crippen LogP contribution >= 0.6 is 0 Å². The van der Waals surface area contributed by atoms with Gasteiger partial charge in [-0.15, -0.1) is 5.10 Å². The lowest BCUT2D eigenvalue weighted by Gasteiger charge is -2.33. The normalized spacial score (nSPS) is 16.7. The number of benzene rings is 1. The Morgan fingerprint density at radius 3 is 2.76 bits per heavy atom. The van der Waals surface area contributed by atoms with E-state index >= 15 is 0 Å². The monoisotopic (exact) mass is 394 g/mol. The van der Waals surface area contributed by atoms with E-state index in [0.29, 0.717) is 24.0 Å². The summed E-state index contributed by atoms with van der Waals surface area (Å²) in [5.74, 6) is 3.53. The Hall–Kier alpha value is -3.09. The van der Waals surface area contributed by atoms with Crippen molar-refractivity contribution in [3.05, 3.63) is 42.4 Å². The number of anilines is 1. The summed E-state index contributed by atoms with van der Waals surface area (Å²) < 4.78 is 17.0. The first-order valence-corrected chi connectivity index (χ1v) is 9.86. The van der Waals surface area contributed by atoms with Crippen molar-refractivity contribution >= 4 is 16.6 Å². The van der Waals surface area contributed by atoms with Crippen LogP contribution in [0.5, 0.6) is 17.2 Å². The van der Waals surface area contributed by atoms with E-state index in [-0.39, 0.29) is 0 Å². The zero-order chi connectivity index (χ0) is 20.2. The van der Waals surface area contributed by atoms with Gasteiger partial charge in [0.25, 0.3) is 0 Å². The molecule has 7 nitrogen and oxygen atoms in total. The molecule has 0 amide bonds. The van der Waals surface area contributed by atoms with Gasteiger partial charge in [-0.1, -0.05) is 0 Å². The fourth-order valence-electron chi connectivity index (χ4n) is 3.85. The molecule has 2 aromatic heterocycles. The van der Waals surface area contributed by atoms with Crippen LogP contribution in [-0.2, 0) is 0 Å². The molecule has 0 saturated carbocycles. The van der Waals surface area contributed by atoms with Crippen molar-refractivity contribution < 1.29 is 14.2 Å². The third-order valence-electron chi connectivity index (χ3n) is 5.40. The van der Waals surface area contributed by atoms with E-state index in [4.69, 9.17) is 14.2 Å². The lowest BCUT2D eigenvalue weighted by Crippen LogP contribution is -2.38. The molecule has 1 atom stereocenters. The quantitative estimate of drug-likeness (QED) is 0.632. The summed E-state index contributed by atoms with van der Waals surface area (Å²) in [6.07, 6.45) is 5.76. The molecular formula is C22H26N4O3. The first-order chi connectivity index (χ1) is 14.2. The maximum absolute atomic E-state index is 6.05. The van der Waals surface area contributed by atoms with Crippen LogP contribution in [0.4, 0.5) is 5.82 Å². The number of rotatable bonds is 6. The molecule has 152 valence electrons. The van der Waals surface area contributed by atoms with Gasteiger partial charge in [0.05, 0.1) is 32.7 Å². The molecule has 0 N–H and O–H groups in total. The maximum atomic E-state index is 6.05. The largest absolute Gasteiger partial charge is 0.493 e. The Bertz CT molecular complexity index is 995. The zero-order valence-electron chi connectivity index (χ0n) is 17.1. The first kappa shape index (κ1) is 19.2. The van der Waals surface area contributed by atoms with E-state index in [2.05, 4.69) is 20.1 Å². The number of aryl methyl sites for hydroxylation is 1. The maximum Gasteiger partial charge on any atom is 0.161 e. The minimum Gasteiger partial charge on any atom is -0.493 e. The predicted octanol–water partition coefficient (Wildman–Crippen LogP) is 3.65. The van der Waals surface area contributed by atoms with Gasteiger partial charge in [-0.2, -0.15) is 5.10 Å². The minimum absolute atomic E-state index is 0.417. The topological polar surface area (TPSA) is 69.6 Å². The van der Waals surface area contributed by atoms with Gasteiger partial charge >= 0.3 is 0 Å². The molecule has 0 spiro atoms. The first-order valence-electron chi connectivity index (χ1n) is 9.86. The van der Waals surface area contributed by atoms with Crippen LogP contribution in [0.15, 0.2) is 36.7 Å². The van der Waals surface area contributed by atoms with Gasteiger partial charge < -0.3 is 19.1 Å². The van der Waals surface area contributed by atoms with Crippen molar-refractivity contribution in [1.29, 1.82) is 0 Å². The molecule has 3 aromatic rings. The number of pyridine rings is 1. The van der Waals surface area contributed by atoms with Crippen LogP contribution in [0.1, 0.15) is 18.5 Å².